The fraction of sp³-hybridized carbons (Fsp3) is 0.320. The van der Waals surface area contributed by atoms with Crippen molar-refractivity contribution >= 4 is 28.8 Å². The second-order valence-corrected chi connectivity index (χ2v) is 8.97. The molecular weight excluding hydrogens is 406 g/mol. The number of hydrogen-bond acceptors (Lipinski definition) is 4. The number of nitrogens with one attached hydrogen (secondary N) is 1. The molecule has 1 atom stereocenters. The first-order valence-corrected chi connectivity index (χ1v) is 11.7. The lowest BCUT2D eigenvalue weighted by Gasteiger charge is -2.32. The highest BCUT2D eigenvalue weighted by atomic mass is 32.1. The van der Waals surface area contributed by atoms with Crippen molar-refractivity contribution in [3.8, 4) is 0 Å². The molecule has 0 radical (unpaired) electrons. The molecule has 0 saturated heterocycles. The first kappa shape index (κ1) is 21.2. The topological polar surface area (TPSA) is 62.3 Å². The van der Waals surface area contributed by atoms with E-state index in [2.05, 4.69) is 10.3 Å². The van der Waals surface area contributed by atoms with Gasteiger partial charge >= 0.3 is 0 Å². The molecule has 4 rings (SSSR count). The molecule has 2 aromatic heterocycles. The van der Waals surface area contributed by atoms with Crippen molar-refractivity contribution < 1.29 is 9.59 Å². The zero-order valence-corrected chi connectivity index (χ0v) is 18.5. The smallest absolute Gasteiger partial charge is 0.277 e. The van der Waals surface area contributed by atoms with Crippen LogP contribution in [0.1, 0.15) is 59.1 Å². The van der Waals surface area contributed by atoms with Crippen molar-refractivity contribution in [1.82, 2.24) is 10.3 Å². The number of thiophene rings is 1. The van der Waals surface area contributed by atoms with Crippen LogP contribution >= 0.6 is 11.3 Å². The Kier molecular flexibility index (Phi) is 6.77. The van der Waals surface area contributed by atoms with E-state index in [9.17, 15) is 9.59 Å². The van der Waals surface area contributed by atoms with Crippen LogP contribution in [0.2, 0.25) is 0 Å². The van der Waals surface area contributed by atoms with Crippen LogP contribution in [0.3, 0.4) is 0 Å². The normalized spacial score (nSPS) is 15.3. The summed E-state index contributed by atoms with van der Waals surface area (Å²) in [5, 5.41) is 5.17. The third kappa shape index (κ3) is 5.02. The molecule has 1 aliphatic carbocycles. The van der Waals surface area contributed by atoms with Crippen molar-refractivity contribution in [2.45, 2.75) is 51.1 Å². The van der Waals surface area contributed by atoms with E-state index in [0.29, 0.717) is 11.4 Å². The number of aromatic nitrogens is 1. The molecule has 3 aromatic rings. The van der Waals surface area contributed by atoms with Crippen molar-refractivity contribution in [1.29, 1.82) is 0 Å². The molecule has 1 N–H and O–H groups in total. The van der Waals surface area contributed by atoms with E-state index in [1.165, 1.54) is 17.8 Å². The number of amides is 2. The molecule has 1 aromatic carbocycles. The van der Waals surface area contributed by atoms with E-state index < -0.39 is 6.04 Å². The summed E-state index contributed by atoms with van der Waals surface area (Å²) in [6.45, 7) is 2.00. The van der Waals surface area contributed by atoms with Gasteiger partial charge in [-0.2, -0.15) is 0 Å². The number of carbonyl (C=O) groups excluding carboxylic acids is 2. The summed E-state index contributed by atoms with van der Waals surface area (Å²) < 4.78 is 0. The van der Waals surface area contributed by atoms with Crippen molar-refractivity contribution in [2.75, 3.05) is 4.90 Å². The van der Waals surface area contributed by atoms with Gasteiger partial charge < -0.3 is 5.32 Å². The van der Waals surface area contributed by atoms with Gasteiger partial charge in [0.05, 0.1) is 0 Å². The quantitative estimate of drug-likeness (QED) is 0.575. The Balaban J connectivity index is 1.74. The van der Waals surface area contributed by atoms with Crippen LogP contribution in [0.4, 0.5) is 5.69 Å². The Bertz CT molecular complexity index is 997. The summed E-state index contributed by atoms with van der Waals surface area (Å²) >= 11 is 1.48. The van der Waals surface area contributed by atoms with Gasteiger partial charge in [0.15, 0.2) is 6.04 Å². The molecule has 2 amide bonds. The monoisotopic (exact) mass is 433 g/mol. The van der Waals surface area contributed by atoms with Gasteiger partial charge in [0.25, 0.3) is 5.91 Å². The average molecular weight is 434 g/mol. The zero-order valence-electron chi connectivity index (χ0n) is 17.7. The van der Waals surface area contributed by atoms with Crippen LogP contribution in [0.5, 0.6) is 0 Å². The van der Waals surface area contributed by atoms with Crippen molar-refractivity contribution in [2.24, 2.45) is 0 Å². The van der Waals surface area contributed by atoms with Crippen LogP contribution < -0.4 is 10.2 Å². The molecule has 0 aliphatic heterocycles. The Morgan fingerprint density at radius 2 is 1.81 bits per heavy atom. The lowest BCUT2D eigenvalue weighted by Crippen LogP contribution is -2.47. The summed E-state index contributed by atoms with van der Waals surface area (Å²) in [6.07, 6.45) is 7.05. The number of pyridine rings is 1. The lowest BCUT2D eigenvalue weighted by molar-refractivity contribution is -0.123. The fourth-order valence-electron chi connectivity index (χ4n) is 4.05. The maximum atomic E-state index is 13.7. The van der Waals surface area contributed by atoms with Crippen LogP contribution in [-0.4, -0.2) is 22.8 Å². The second-order valence-electron chi connectivity index (χ2n) is 7.99. The van der Waals surface area contributed by atoms with Crippen LogP contribution in [0, 0.1) is 6.92 Å². The Morgan fingerprint density at radius 1 is 1.03 bits per heavy atom. The SMILES string of the molecule is Cc1ccc(N(C(=O)c2ccccn2)[C@H](C(=O)NC2CCCCC2)c2cccs2)cc1. The van der Waals surface area contributed by atoms with Crippen molar-refractivity contribution in [3.63, 3.8) is 0 Å². The van der Waals surface area contributed by atoms with Gasteiger partial charge in [0.2, 0.25) is 5.91 Å². The number of anilines is 1. The summed E-state index contributed by atoms with van der Waals surface area (Å²) in [5.74, 6) is -0.430. The minimum atomic E-state index is -0.751. The van der Waals surface area contributed by atoms with Crippen LogP contribution in [0.15, 0.2) is 66.2 Å². The molecule has 0 unspecified atom stereocenters. The first-order valence-electron chi connectivity index (χ1n) is 10.8. The molecule has 2 heterocycles. The summed E-state index contributed by atoms with van der Waals surface area (Å²) in [4.78, 5) is 33.9. The summed E-state index contributed by atoms with van der Waals surface area (Å²) in [5.41, 5.74) is 2.09. The lowest BCUT2D eigenvalue weighted by atomic mass is 9.95. The van der Waals surface area contributed by atoms with E-state index in [1.807, 2.05) is 48.7 Å². The molecule has 1 fully saturated rings. The second kappa shape index (κ2) is 9.88. The van der Waals surface area contributed by atoms with Gasteiger partial charge in [0.1, 0.15) is 5.69 Å². The number of benzene rings is 1. The Hall–Kier alpha value is -2.99. The minimum Gasteiger partial charge on any atom is -0.351 e. The predicted octanol–water partition coefficient (Wildman–Crippen LogP) is 5.29. The number of hydrogen-bond donors (Lipinski definition) is 1. The molecule has 0 spiro atoms. The van der Waals surface area contributed by atoms with Gasteiger partial charge in [-0.25, -0.2) is 0 Å². The predicted molar refractivity (Wildman–Crippen MR) is 124 cm³/mol. The number of rotatable bonds is 6. The maximum Gasteiger partial charge on any atom is 0.277 e. The molecule has 1 saturated carbocycles. The van der Waals surface area contributed by atoms with Gasteiger partial charge in [0, 0.05) is 22.8 Å². The van der Waals surface area contributed by atoms with E-state index in [4.69, 9.17) is 0 Å². The number of nitrogens with zero attached hydrogens (tertiary/aromatic N) is 2. The number of aryl methyl sites for hydroxylation is 1. The van der Waals surface area contributed by atoms with Gasteiger partial charge in [-0.3, -0.25) is 19.5 Å². The van der Waals surface area contributed by atoms with Gasteiger partial charge in [-0.1, -0.05) is 49.1 Å². The molecule has 31 heavy (non-hydrogen) atoms. The van der Waals surface area contributed by atoms with Gasteiger partial charge in [-0.15, -0.1) is 11.3 Å². The van der Waals surface area contributed by atoms with E-state index in [-0.39, 0.29) is 17.9 Å². The van der Waals surface area contributed by atoms with Gasteiger partial charge in [-0.05, 0) is 55.5 Å². The highest BCUT2D eigenvalue weighted by Crippen LogP contribution is 2.32. The van der Waals surface area contributed by atoms with E-state index in [0.717, 1.165) is 36.1 Å². The fourth-order valence-corrected chi connectivity index (χ4v) is 4.86. The molecule has 1 aliphatic rings. The highest BCUT2D eigenvalue weighted by Gasteiger charge is 2.35. The zero-order chi connectivity index (χ0) is 21.6. The Labute approximate surface area is 187 Å². The minimum absolute atomic E-state index is 0.140. The molecule has 160 valence electrons. The molecule has 6 heteroatoms. The van der Waals surface area contributed by atoms with E-state index >= 15 is 0 Å². The molecular formula is C25H27N3O2S. The maximum absolute atomic E-state index is 13.7. The molecule has 0 bridgehead atoms. The van der Waals surface area contributed by atoms with Crippen molar-refractivity contribution in [3.05, 3.63) is 82.3 Å². The average Bonchev–Trinajstić information content (AvgIpc) is 3.33. The summed E-state index contributed by atoms with van der Waals surface area (Å²) in [6, 6.07) is 16.2. The third-order valence-electron chi connectivity index (χ3n) is 5.69. The first-order chi connectivity index (χ1) is 15.1. The van der Waals surface area contributed by atoms with E-state index in [1.54, 1.807) is 29.3 Å². The third-order valence-corrected chi connectivity index (χ3v) is 6.61. The molecule has 5 nitrogen and oxygen atoms in total. The summed E-state index contributed by atoms with van der Waals surface area (Å²) in [7, 11) is 0. The Morgan fingerprint density at radius 3 is 2.45 bits per heavy atom. The highest BCUT2D eigenvalue weighted by molar-refractivity contribution is 7.10. The largest absolute Gasteiger partial charge is 0.351 e. The van der Waals surface area contributed by atoms with Crippen LogP contribution in [0.25, 0.3) is 0 Å². The number of carbonyl (C=O) groups is 2. The standard InChI is InChI=1S/C25H27N3O2S/c1-18-12-14-20(15-13-18)28(25(30)21-10-5-6-16-26-21)23(22-11-7-17-31-22)24(29)27-19-8-3-2-4-9-19/h5-7,10-17,19,23H,2-4,8-9H2,1H3,(H,27,29)/t23-/m0/s1. The van der Waals surface area contributed by atoms with Crippen LogP contribution in [-0.2, 0) is 4.79 Å².